The van der Waals surface area contributed by atoms with E-state index in [2.05, 4.69) is 9.98 Å². The number of methoxy groups -OCH3 is 1. The highest BCUT2D eigenvalue weighted by molar-refractivity contribution is 6.33. The largest absolute Gasteiger partial charge is 0.506 e. The maximum atomic E-state index is 12.4. The van der Waals surface area contributed by atoms with Gasteiger partial charge in [-0.3, -0.25) is 9.98 Å². The van der Waals surface area contributed by atoms with Crippen LogP contribution < -0.4 is 4.74 Å². The van der Waals surface area contributed by atoms with Crippen LogP contribution in [-0.4, -0.2) is 35.5 Å². The van der Waals surface area contributed by atoms with Crippen LogP contribution in [0.3, 0.4) is 0 Å². The Labute approximate surface area is 163 Å². The zero-order valence-electron chi connectivity index (χ0n) is 15.4. The van der Waals surface area contributed by atoms with Gasteiger partial charge in [-0.2, -0.15) is 0 Å². The van der Waals surface area contributed by atoms with Crippen LogP contribution in [0.25, 0.3) is 5.76 Å². The molecule has 142 valence electrons. The molecule has 0 aliphatic heterocycles. The molecule has 0 saturated carbocycles. The maximum absolute atomic E-state index is 12.4. The lowest BCUT2D eigenvalue weighted by Gasteiger charge is -2.11. The van der Waals surface area contributed by atoms with E-state index in [1.807, 2.05) is 24.3 Å². The van der Waals surface area contributed by atoms with Crippen LogP contribution in [0.4, 0.5) is 0 Å². The Balaban J connectivity index is 2.38. The lowest BCUT2D eigenvalue weighted by Crippen LogP contribution is -2.16. The summed E-state index contributed by atoms with van der Waals surface area (Å²) >= 11 is 6.11. The van der Waals surface area contributed by atoms with E-state index in [9.17, 15) is 9.90 Å². The first-order valence-electron chi connectivity index (χ1n) is 8.32. The van der Waals surface area contributed by atoms with Crippen molar-refractivity contribution in [3.8, 4) is 5.75 Å². The molecule has 0 fully saturated rings. The summed E-state index contributed by atoms with van der Waals surface area (Å²) in [6.45, 7) is 3.82. The Morgan fingerprint density at radius 2 is 1.96 bits per heavy atom. The Morgan fingerprint density at radius 3 is 2.56 bits per heavy atom. The number of ether oxygens (including phenoxy) is 2. The molecule has 2 rings (SSSR count). The predicted octanol–water partition coefficient (Wildman–Crippen LogP) is 4.24. The molecule has 1 aromatic carbocycles. The molecule has 0 bridgehead atoms. The second kappa shape index (κ2) is 9.73. The summed E-state index contributed by atoms with van der Waals surface area (Å²) in [6, 6.07) is 8.94. The highest BCUT2D eigenvalue weighted by Gasteiger charge is 2.22. The van der Waals surface area contributed by atoms with Gasteiger partial charge in [-0.1, -0.05) is 23.7 Å². The third-order valence-electron chi connectivity index (χ3n) is 3.76. The monoisotopic (exact) mass is 388 g/mol. The van der Waals surface area contributed by atoms with Crippen molar-refractivity contribution in [3.63, 3.8) is 0 Å². The molecule has 27 heavy (non-hydrogen) atoms. The van der Waals surface area contributed by atoms with Crippen molar-refractivity contribution >= 4 is 29.0 Å². The van der Waals surface area contributed by atoms with E-state index in [0.29, 0.717) is 12.3 Å². The maximum Gasteiger partial charge on any atom is 0.343 e. The summed E-state index contributed by atoms with van der Waals surface area (Å²) in [4.78, 5) is 20.8. The molecule has 1 heterocycles. The summed E-state index contributed by atoms with van der Waals surface area (Å²) in [5.74, 6) is -0.246. The minimum atomic E-state index is -0.675. The normalized spacial score (nSPS) is 12.4. The molecule has 1 aromatic heterocycles. The number of esters is 1. The number of hydrogen-bond donors (Lipinski definition) is 1. The summed E-state index contributed by atoms with van der Waals surface area (Å²) < 4.78 is 10.2. The van der Waals surface area contributed by atoms with Gasteiger partial charge in [0.05, 0.1) is 36.6 Å². The lowest BCUT2D eigenvalue weighted by molar-refractivity contribution is -0.137. The third-order valence-corrected chi connectivity index (χ3v) is 4.09. The number of nitrogens with zero attached hydrogens (tertiary/aromatic N) is 2. The van der Waals surface area contributed by atoms with E-state index in [4.69, 9.17) is 21.1 Å². The van der Waals surface area contributed by atoms with E-state index in [-0.39, 0.29) is 28.5 Å². The zero-order valence-corrected chi connectivity index (χ0v) is 16.2. The molecule has 0 spiro atoms. The number of benzene rings is 1. The number of aliphatic hydroxyl groups is 1. The molecule has 0 radical (unpaired) electrons. The Kier molecular flexibility index (Phi) is 7.37. The first-order chi connectivity index (χ1) is 13.0. The fraction of sp³-hybridized carbons (Fsp3) is 0.250. The molecule has 1 N–H and O–H groups in total. The number of carbonyl (C=O) groups excluding carboxylic acids is 1. The smallest absolute Gasteiger partial charge is 0.343 e. The van der Waals surface area contributed by atoms with Gasteiger partial charge in [-0.25, -0.2) is 4.79 Å². The van der Waals surface area contributed by atoms with Crippen LogP contribution in [0.1, 0.15) is 25.0 Å². The van der Waals surface area contributed by atoms with Crippen molar-refractivity contribution in [3.05, 3.63) is 64.4 Å². The van der Waals surface area contributed by atoms with Gasteiger partial charge in [0.25, 0.3) is 0 Å². The number of pyridine rings is 1. The van der Waals surface area contributed by atoms with Crippen LogP contribution >= 0.6 is 11.6 Å². The van der Waals surface area contributed by atoms with Gasteiger partial charge in [0.15, 0.2) is 0 Å². The molecule has 0 aliphatic carbocycles. The van der Waals surface area contributed by atoms with Crippen molar-refractivity contribution < 1.29 is 19.4 Å². The van der Waals surface area contributed by atoms with Crippen molar-refractivity contribution in [1.29, 1.82) is 0 Å². The Hall–Kier alpha value is -2.86. The quantitative estimate of drug-likeness (QED) is 0.332. The van der Waals surface area contributed by atoms with Crippen LogP contribution in [0, 0.1) is 0 Å². The number of hydrogen-bond acceptors (Lipinski definition) is 6. The van der Waals surface area contributed by atoms with Gasteiger partial charge in [-0.05, 0) is 37.6 Å². The number of rotatable bonds is 7. The molecule has 0 saturated heterocycles. The van der Waals surface area contributed by atoms with E-state index in [1.165, 1.54) is 18.5 Å². The topological polar surface area (TPSA) is 81.0 Å². The molecule has 7 heteroatoms. The molecule has 0 aliphatic rings. The lowest BCUT2D eigenvalue weighted by atomic mass is 10.1. The van der Waals surface area contributed by atoms with Gasteiger partial charge >= 0.3 is 5.97 Å². The molecule has 0 atom stereocenters. The second-order valence-corrected chi connectivity index (χ2v) is 5.96. The highest BCUT2D eigenvalue weighted by Crippen LogP contribution is 2.25. The molecular formula is C20H21ClN2O4. The van der Waals surface area contributed by atoms with E-state index in [1.54, 1.807) is 21.0 Å². The summed E-state index contributed by atoms with van der Waals surface area (Å²) in [5.41, 5.74) is 1.46. The predicted molar refractivity (Wildman–Crippen MR) is 105 cm³/mol. The molecule has 2 aromatic rings. The fourth-order valence-electron chi connectivity index (χ4n) is 2.33. The minimum absolute atomic E-state index is 0.0414. The first kappa shape index (κ1) is 20.5. The molecule has 0 amide bonds. The van der Waals surface area contributed by atoms with Crippen LogP contribution in [-0.2, 0) is 16.1 Å². The average Bonchev–Trinajstić information content (AvgIpc) is 2.67. The number of aliphatic hydroxyl groups excluding tert-OH is 1. The summed E-state index contributed by atoms with van der Waals surface area (Å²) in [7, 11) is 1.60. The Morgan fingerprint density at radius 1 is 1.26 bits per heavy atom. The van der Waals surface area contributed by atoms with Gasteiger partial charge in [0.2, 0.25) is 0 Å². The highest BCUT2D eigenvalue weighted by atomic mass is 35.5. The summed E-state index contributed by atoms with van der Waals surface area (Å²) in [5, 5.41) is 10.9. The SMILES string of the molecule is CCOC(=O)/C(C(C)=NCc1ccc(OC)cc1)=C(/O)c1cnccc1Cl. The second-order valence-electron chi connectivity index (χ2n) is 5.55. The van der Waals surface area contributed by atoms with Crippen molar-refractivity contribution in [2.75, 3.05) is 13.7 Å². The molecular weight excluding hydrogens is 368 g/mol. The third kappa shape index (κ3) is 5.31. The molecule has 0 unspecified atom stereocenters. The van der Waals surface area contributed by atoms with Crippen molar-refractivity contribution in [2.45, 2.75) is 20.4 Å². The average molecular weight is 389 g/mol. The zero-order chi connectivity index (χ0) is 19.8. The van der Waals surface area contributed by atoms with E-state index >= 15 is 0 Å². The standard InChI is InChI=1S/C20H21ClN2O4/c1-4-27-20(25)18(19(24)16-12-22-10-9-17(16)21)13(2)23-11-14-5-7-15(26-3)8-6-14/h5-10,12,24H,4,11H2,1-3H3/b19-18+,23-13?. The van der Waals surface area contributed by atoms with E-state index in [0.717, 1.165) is 11.3 Å². The van der Waals surface area contributed by atoms with Gasteiger partial charge in [0.1, 0.15) is 17.1 Å². The number of aliphatic imine (C=N–C) groups is 1. The van der Waals surface area contributed by atoms with Gasteiger partial charge in [0, 0.05) is 12.4 Å². The number of carbonyl (C=O) groups is 1. The fourth-order valence-corrected chi connectivity index (χ4v) is 2.52. The first-order valence-corrected chi connectivity index (χ1v) is 8.70. The van der Waals surface area contributed by atoms with E-state index < -0.39 is 5.97 Å². The van der Waals surface area contributed by atoms with Gasteiger partial charge in [-0.15, -0.1) is 0 Å². The van der Waals surface area contributed by atoms with Crippen molar-refractivity contribution in [2.24, 2.45) is 4.99 Å². The van der Waals surface area contributed by atoms with Crippen LogP contribution in [0.5, 0.6) is 5.75 Å². The number of aromatic nitrogens is 1. The molecule has 6 nitrogen and oxygen atoms in total. The van der Waals surface area contributed by atoms with Crippen LogP contribution in [0.2, 0.25) is 5.02 Å². The van der Waals surface area contributed by atoms with Crippen molar-refractivity contribution in [1.82, 2.24) is 4.98 Å². The van der Waals surface area contributed by atoms with Gasteiger partial charge < -0.3 is 14.6 Å². The number of halogens is 1. The minimum Gasteiger partial charge on any atom is -0.506 e. The summed E-state index contributed by atoms with van der Waals surface area (Å²) in [6.07, 6.45) is 2.88. The van der Waals surface area contributed by atoms with Crippen LogP contribution in [0.15, 0.2) is 53.3 Å². The Bertz CT molecular complexity index is 861.